The molecule has 6 heteroatoms. The lowest BCUT2D eigenvalue weighted by atomic mass is 9.78. The molecule has 5 nitrogen and oxygen atoms in total. The molecule has 1 fully saturated rings. The number of thiazole rings is 1. The quantitative estimate of drug-likeness (QED) is 0.874. The van der Waals surface area contributed by atoms with Gasteiger partial charge in [0.2, 0.25) is 5.91 Å². The molecule has 2 aliphatic rings. The van der Waals surface area contributed by atoms with Crippen LogP contribution in [0.25, 0.3) is 0 Å². The van der Waals surface area contributed by atoms with Crippen LogP contribution in [0, 0.1) is 6.92 Å². The van der Waals surface area contributed by atoms with Crippen molar-refractivity contribution in [1.82, 2.24) is 10.3 Å². The Labute approximate surface area is 157 Å². The fraction of sp³-hybridized carbons (Fsp3) is 0.500. The maximum absolute atomic E-state index is 12.4. The lowest BCUT2D eigenvalue weighted by molar-refractivity contribution is -0.120. The van der Waals surface area contributed by atoms with Crippen molar-refractivity contribution < 1.29 is 14.3 Å². The summed E-state index contributed by atoms with van der Waals surface area (Å²) in [5.74, 6) is 1.68. The van der Waals surface area contributed by atoms with Crippen LogP contribution in [0.4, 0.5) is 0 Å². The smallest absolute Gasteiger partial charge is 0.226 e. The van der Waals surface area contributed by atoms with E-state index in [1.54, 1.807) is 11.3 Å². The number of aryl methyl sites for hydroxylation is 1. The van der Waals surface area contributed by atoms with Crippen LogP contribution in [0.5, 0.6) is 11.5 Å². The Morgan fingerprint density at radius 1 is 1.23 bits per heavy atom. The molecular weight excluding hydrogens is 348 g/mol. The number of benzene rings is 1. The van der Waals surface area contributed by atoms with Gasteiger partial charge in [-0.15, -0.1) is 11.3 Å². The molecule has 1 N–H and O–H groups in total. The van der Waals surface area contributed by atoms with E-state index >= 15 is 0 Å². The fourth-order valence-electron chi connectivity index (χ4n) is 3.98. The number of aromatic nitrogens is 1. The van der Waals surface area contributed by atoms with Gasteiger partial charge in [0.05, 0.1) is 17.1 Å². The van der Waals surface area contributed by atoms with Crippen molar-refractivity contribution in [3.63, 3.8) is 0 Å². The fourth-order valence-corrected chi connectivity index (χ4v) is 4.59. The second kappa shape index (κ2) is 7.27. The van der Waals surface area contributed by atoms with E-state index in [1.165, 1.54) is 18.4 Å². The third-order valence-electron chi connectivity index (χ3n) is 5.35. The van der Waals surface area contributed by atoms with E-state index in [0.717, 1.165) is 35.0 Å². The van der Waals surface area contributed by atoms with Gasteiger partial charge in [-0.3, -0.25) is 4.79 Å². The minimum absolute atomic E-state index is 0.0104. The molecule has 2 heterocycles. The standard InChI is InChI=1S/C20H24N2O3S/c1-14-22-16(12-26-14)11-19(23)21-13-20(6-2-3-7-20)15-4-5-17-18(10-15)25-9-8-24-17/h4-5,10,12H,2-3,6-9,11,13H2,1H3,(H,21,23). The van der Waals surface area contributed by atoms with Gasteiger partial charge in [0.25, 0.3) is 0 Å². The van der Waals surface area contributed by atoms with E-state index in [4.69, 9.17) is 9.47 Å². The molecule has 1 aromatic carbocycles. The van der Waals surface area contributed by atoms with Crippen molar-refractivity contribution in [2.45, 2.75) is 44.4 Å². The molecule has 0 bridgehead atoms. The Balaban J connectivity index is 1.47. The maximum atomic E-state index is 12.4. The van der Waals surface area contributed by atoms with Crippen molar-refractivity contribution in [2.75, 3.05) is 19.8 Å². The number of hydrogen-bond acceptors (Lipinski definition) is 5. The Bertz CT molecular complexity index is 796. The van der Waals surface area contributed by atoms with E-state index < -0.39 is 0 Å². The molecule has 1 aliphatic heterocycles. The predicted octanol–water partition coefficient (Wildman–Crippen LogP) is 3.39. The zero-order valence-electron chi connectivity index (χ0n) is 15.0. The number of amides is 1. The summed E-state index contributed by atoms with van der Waals surface area (Å²) in [5, 5.41) is 6.11. The van der Waals surface area contributed by atoms with Crippen molar-refractivity contribution in [3.8, 4) is 11.5 Å². The molecule has 26 heavy (non-hydrogen) atoms. The average molecular weight is 372 g/mol. The summed E-state index contributed by atoms with van der Waals surface area (Å²) in [6.45, 7) is 3.81. The molecule has 0 radical (unpaired) electrons. The summed E-state index contributed by atoms with van der Waals surface area (Å²) < 4.78 is 11.4. The van der Waals surface area contributed by atoms with Gasteiger partial charge in [-0.1, -0.05) is 18.9 Å². The third kappa shape index (κ3) is 3.56. The summed E-state index contributed by atoms with van der Waals surface area (Å²) in [6, 6.07) is 6.24. The summed E-state index contributed by atoms with van der Waals surface area (Å²) in [7, 11) is 0. The van der Waals surface area contributed by atoms with Gasteiger partial charge in [0, 0.05) is 17.3 Å². The van der Waals surface area contributed by atoms with Crippen LogP contribution in [0.1, 0.15) is 41.9 Å². The first-order chi connectivity index (χ1) is 12.6. The molecule has 0 atom stereocenters. The molecule has 0 unspecified atom stereocenters. The number of fused-ring (bicyclic) bond motifs is 1. The van der Waals surface area contributed by atoms with Crippen LogP contribution in [-0.2, 0) is 16.6 Å². The first kappa shape index (κ1) is 17.3. The molecule has 2 aromatic rings. The molecule has 4 rings (SSSR count). The normalized spacial score (nSPS) is 17.9. The molecule has 138 valence electrons. The average Bonchev–Trinajstić information content (AvgIpc) is 3.29. The lowest BCUT2D eigenvalue weighted by Gasteiger charge is -2.31. The van der Waals surface area contributed by atoms with Crippen LogP contribution in [0.15, 0.2) is 23.6 Å². The van der Waals surface area contributed by atoms with E-state index in [1.807, 2.05) is 18.4 Å². The lowest BCUT2D eigenvalue weighted by Crippen LogP contribution is -2.39. The highest BCUT2D eigenvalue weighted by Crippen LogP contribution is 2.43. The van der Waals surface area contributed by atoms with Gasteiger partial charge in [-0.05, 0) is 37.5 Å². The van der Waals surface area contributed by atoms with Gasteiger partial charge >= 0.3 is 0 Å². The van der Waals surface area contributed by atoms with Crippen LogP contribution in [0.2, 0.25) is 0 Å². The summed E-state index contributed by atoms with van der Waals surface area (Å²) in [5.41, 5.74) is 2.08. The zero-order chi connectivity index (χ0) is 18.0. The number of carbonyl (C=O) groups is 1. The Hall–Kier alpha value is -2.08. The molecular formula is C20H24N2O3S. The van der Waals surface area contributed by atoms with Gasteiger partial charge in [0.15, 0.2) is 11.5 Å². The van der Waals surface area contributed by atoms with Crippen LogP contribution < -0.4 is 14.8 Å². The first-order valence-corrected chi connectivity index (χ1v) is 10.1. The van der Waals surface area contributed by atoms with E-state index in [2.05, 4.69) is 22.4 Å². The van der Waals surface area contributed by atoms with Crippen LogP contribution >= 0.6 is 11.3 Å². The van der Waals surface area contributed by atoms with Gasteiger partial charge < -0.3 is 14.8 Å². The number of nitrogens with zero attached hydrogens (tertiary/aromatic N) is 1. The van der Waals surface area contributed by atoms with E-state index in [9.17, 15) is 4.79 Å². The highest BCUT2D eigenvalue weighted by atomic mass is 32.1. The number of ether oxygens (including phenoxy) is 2. The number of rotatable bonds is 5. The molecule has 1 saturated carbocycles. The van der Waals surface area contributed by atoms with Gasteiger partial charge in [0.1, 0.15) is 13.2 Å². The molecule has 1 aromatic heterocycles. The van der Waals surface area contributed by atoms with E-state index in [-0.39, 0.29) is 11.3 Å². The van der Waals surface area contributed by atoms with Gasteiger partial charge in [-0.25, -0.2) is 4.98 Å². The first-order valence-electron chi connectivity index (χ1n) is 9.22. The van der Waals surface area contributed by atoms with Crippen molar-refractivity contribution in [2.24, 2.45) is 0 Å². The van der Waals surface area contributed by atoms with E-state index in [0.29, 0.717) is 26.2 Å². The molecule has 1 aliphatic carbocycles. The minimum Gasteiger partial charge on any atom is -0.486 e. The topological polar surface area (TPSA) is 60.5 Å². The second-order valence-corrected chi connectivity index (χ2v) is 8.22. The molecule has 0 saturated heterocycles. The largest absolute Gasteiger partial charge is 0.486 e. The van der Waals surface area contributed by atoms with Crippen molar-refractivity contribution >= 4 is 17.2 Å². The Morgan fingerprint density at radius 2 is 2.00 bits per heavy atom. The summed E-state index contributed by atoms with van der Waals surface area (Å²) in [4.78, 5) is 16.8. The number of carbonyl (C=O) groups excluding carboxylic acids is 1. The molecule has 1 amide bonds. The van der Waals surface area contributed by atoms with Crippen molar-refractivity contribution in [3.05, 3.63) is 39.8 Å². The summed E-state index contributed by atoms with van der Waals surface area (Å²) in [6.07, 6.45) is 4.90. The Morgan fingerprint density at radius 3 is 2.73 bits per heavy atom. The maximum Gasteiger partial charge on any atom is 0.226 e. The highest BCUT2D eigenvalue weighted by molar-refractivity contribution is 7.09. The predicted molar refractivity (Wildman–Crippen MR) is 101 cm³/mol. The molecule has 0 spiro atoms. The van der Waals surface area contributed by atoms with Gasteiger partial charge in [-0.2, -0.15) is 0 Å². The number of hydrogen-bond donors (Lipinski definition) is 1. The third-order valence-corrected chi connectivity index (χ3v) is 6.17. The van der Waals surface area contributed by atoms with Crippen LogP contribution in [0.3, 0.4) is 0 Å². The summed E-state index contributed by atoms with van der Waals surface area (Å²) >= 11 is 1.58. The van der Waals surface area contributed by atoms with Crippen LogP contribution in [-0.4, -0.2) is 30.6 Å². The number of nitrogens with one attached hydrogen (secondary N) is 1. The second-order valence-electron chi connectivity index (χ2n) is 7.16. The zero-order valence-corrected chi connectivity index (χ0v) is 15.9. The highest BCUT2D eigenvalue weighted by Gasteiger charge is 2.36. The van der Waals surface area contributed by atoms with Crippen molar-refractivity contribution in [1.29, 1.82) is 0 Å². The monoisotopic (exact) mass is 372 g/mol. The Kier molecular flexibility index (Phi) is 4.85. The SMILES string of the molecule is Cc1nc(CC(=O)NCC2(c3ccc4c(c3)OCCO4)CCCC2)cs1. The minimum atomic E-state index is -0.0104.